The number of H-pyrrole nitrogens is 1. The zero-order valence-corrected chi connectivity index (χ0v) is 15.5. The lowest BCUT2D eigenvalue weighted by molar-refractivity contribution is 0.0447. The van der Waals surface area contributed by atoms with Gasteiger partial charge in [-0.1, -0.05) is 24.3 Å². The van der Waals surface area contributed by atoms with E-state index in [2.05, 4.69) is 4.98 Å². The van der Waals surface area contributed by atoms with E-state index in [1.807, 2.05) is 0 Å². The summed E-state index contributed by atoms with van der Waals surface area (Å²) in [7, 11) is 2.80. The molecule has 1 unspecified atom stereocenters. The number of nitrogens with zero attached hydrogens (tertiary/aromatic N) is 1. The number of esters is 1. The van der Waals surface area contributed by atoms with Crippen molar-refractivity contribution in [2.45, 2.75) is 6.10 Å². The maximum atomic E-state index is 12.5. The number of carbonyl (C=O) groups is 1. The molecule has 1 aromatic heterocycles. The molecule has 0 fully saturated rings. The third kappa shape index (κ3) is 2.75. The summed E-state index contributed by atoms with van der Waals surface area (Å²) in [6.45, 7) is 0. The number of carbonyl (C=O) groups excluding carboxylic acids is 1. The molecule has 0 spiro atoms. The number of rotatable bonds is 4. The summed E-state index contributed by atoms with van der Waals surface area (Å²) in [6.07, 6.45) is -1.23. The van der Waals surface area contributed by atoms with Gasteiger partial charge in [0.15, 0.2) is 17.6 Å². The number of methoxy groups -OCH3 is 2. The van der Waals surface area contributed by atoms with E-state index in [-0.39, 0.29) is 16.9 Å². The van der Waals surface area contributed by atoms with Gasteiger partial charge in [0.1, 0.15) is 11.1 Å². The fourth-order valence-corrected chi connectivity index (χ4v) is 3.41. The number of fused-ring (bicyclic) bond motifs is 1. The molecule has 1 atom stereocenters. The van der Waals surface area contributed by atoms with Gasteiger partial charge in [-0.3, -0.25) is 9.78 Å². The maximum absolute atomic E-state index is 12.5. The van der Waals surface area contributed by atoms with Crippen molar-refractivity contribution < 1.29 is 24.1 Å². The smallest absolute Gasteiger partial charge is 0.343 e. The van der Waals surface area contributed by atoms with E-state index in [0.29, 0.717) is 17.0 Å². The second-order valence-electron chi connectivity index (χ2n) is 6.22. The summed E-state index contributed by atoms with van der Waals surface area (Å²) in [5.74, 6) is -0.886. The van der Waals surface area contributed by atoms with Crippen molar-refractivity contribution in [1.29, 1.82) is 0 Å². The van der Waals surface area contributed by atoms with Gasteiger partial charge in [0.05, 0.1) is 19.9 Å². The van der Waals surface area contributed by atoms with E-state index in [4.69, 9.17) is 14.2 Å². The molecule has 0 radical (unpaired) electrons. The second kappa shape index (κ2) is 6.86. The predicted octanol–water partition coefficient (Wildman–Crippen LogP) is 1.51. The molecule has 9 heteroatoms. The normalized spacial score (nSPS) is 15.0. The summed E-state index contributed by atoms with van der Waals surface area (Å²) in [6, 6.07) is 11.4. The molecule has 0 saturated heterocycles. The van der Waals surface area contributed by atoms with Crippen LogP contribution in [0.2, 0.25) is 0 Å². The molecule has 3 aromatic rings. The summed E-state index contributed by atoms with van der Waals surface area (Å²) in [5, 5.41) is 10.8. The van der Waals surface area contributed by atoms with Crippen molar-refractivity contribution in [3.8, 4) is 23.1 Å². The van der Waals surface area contributed by atoms with Crippen molar-refractivity contribution in [2.24, 2.45) is 0 Å². The Kier molecular flexibility index (Phi) is 4.34. The first-order chi connectivity index (χ1) is 14.0. The summed E-state index contributed by atoms with van der Waals surface area (Å²) < 4.78 is 16.8. The number of ether oxygens (including phenoxy) is 3. The predicted molar refractivity (Wildman–Crippen MR) is 101 cm³/mol. The number of benzene rings is 2. The largest absolute Gasteiger partial charge is 0.494 e. The van der Waals surface area contributed by atoms with E-state index < -0.39 is 29.2 Å². The van der Waals surface area contributed by atoms with Crippen LogP contribution >= 0.6 is 0 Å². The highest BCUT2D eigenvalue weighted by Gasteiger charge is 2.40. The number of hydrogen-bond donors (Lipinski definition) is 2. The van der Waals surface area contributed by atoms with Gasteiger partial charge in [0.25, 0.3) is 5.56 Å². The molecule has 29 heavy (non-hydrogen) atoms. The number of aromatic nitrogens is 2. The third-order valence-electron chi connectivity index (χ3n) is 4.69. The van der Waals surface area contributed by atoms with E-state index in [1.54, 1.807) is 42.5 Å². The zero-order chi connectivity index (χ0) is 20.7. The van der Waals surface area contributed by atoms with Crippen LogP contribution in [-0.2, 0) is 4.74 Å². The van der Waals surface area contributed by atoms with Crippen LogP contribution in [0.15, 0.2) is 52.1 Å². The quantitative estimate of drug-likeness (QED) is 0.642. The van der Waals surface area contributed by atoms with Crippen LogP contribution in [0.5, 0.6) is 17.4 Å². The van der Waals surface area contributed by atoms with Crippen LogP contribution in [0.25, 0.3) is 5.69 Å². The first-order valence-electron chi connectivity index (χ1n) is 8.57. The molecular weight excluding hydrogens is 380 g/mol. The standard InChI is InChI=1S/C20H16N2O7/c1-27-12-9-8-11-13(16(12)28-2)19(25)29-15(11)14-17(23)21-20(26)22(18(14)24)10-6-4-3-5-7-10/h3-9,15,24H,1-2H3,(H,21,23,26). The monoisotopic (exact) mass is 396 g/mol. The molecule has 2 heterocycles. The number of hydrogen-bond acceptors (Lipinski definition) is 7. The zero-order valence-electron chi connectivity index (χ0n) is 15.5. The molecule has 0 amide bonds. The van der Waals surface area contributed by atoms with Gasteiger partial charge in [0, 0.05) is 5.56 Å². The van der Waals surface area contributed by atoms with E-state index in [0.717, 1.165) is 4.57 Å². The Morgan fingerprint density at radius 2 is 1.76 bits per heavy atom. The molecule has 2 aromatic carbocycles. The lowest BCUT2D eigenvalue weighted by atomic mass is 9.99. The average molecular weight is 396 g/mol. The molecule has 1 aliphatic heterocycles. The Balaban J connectivity index is 1.96. The lowest BCUT2D eigenvalue weighted by Crippen LogP contribution is -2.32. The van der Waals surface area contributed by atoms with Crippen molar-refractivity contribution in [2.75, 3.05) is 14.2 Å². The van der Waals surface area contributed by atoms with Gasteiger partial charge >= 0.3 is 11.7 Å². The summed E-state index contributed by atoms with van der Waals surface area (Å²) >= 11 is 0. The Labute approximate surface area is 163 Å². The molecule has 4 rings (SSSR count). The van der Waals surface area contributed by atoms with Crippen LogP contribution in [0.1, 0.15) is 27.6 Å². The molecule has 0 bridgehead atoms. The van der Waals surface area contributed by atoms with Gasteiger partial charge in [-0.05, 0) is 18.2 Å². The van der Waals surface area contributed by atoms with Gasteiger partial charge in [0.2, 0.25) is 5.88 Å². The highest BCUT2D eigenvalue weighted by atomic mass is 16.6. The van der Waals surface area contributed by atoms with Crippen molar-refractivity contribution in [1.82, 2.24) is 9.55 Å². The van der Waals surface area contributed by atoms with Gasteiger partial charge in [-0.2, -0.15) is 0 Å². The molecule has 1 aliphatic rings. The van der Waals surface area contributed by atoms with E-state index in [1.165, 1.54) is 14.2 Å². The van der Waals surface area contributed by atoms with E-state index >= 15 is 0 Å². The molecular formula is C20H16N2O7. The van der Waals surface area contributed by atoms with Crippen LogP contribution < -0.4 is 20.7 Å². The fraction of sp³-hybridized carbons (Fsp3) is 0.150. The first-order valence-corrected chi connectivity index (χ1v) is 8.57. The van der Waals surface area contributed by atoms with Crippen LogP contribution in [0.4, 0.5) is 0 Å². The number of para-hydroxylation sites is 1. The van der Waals surface area contributed by atoms with Crippen molar-refractivity contribution in [3.63, 3.8) is 0 Å². The molecule has 0 aliphatic carbocycles. The topological polar surface area (TPSA) is 120 Å². The Morgan fingerprint density at radius 3 is 2.41 bits per heavy atom. The van der Waals surface area contributed by atoms with Crippen molar-refractivity contribution >= 4 is 5.97 Å². The number of cyclic esters (lactones) is 1. The molecule has 2 N–H and O–H groups in total. The maximum Gasteiger partial charge on any atom is 0.343 e. The third-order valence-corrected chi connectivity index (χ3v) is 4.69. The fourth-order valence-electron chi connectivity index (χ4n) is 3.41. The number of nitrogens with one attached hydrogen (secondary N) is 1. The van der Waals surface area contributed by atoms with Crippen LogP contribution in [-0.4, -0.2) is 34.8 Å². The minimum atomic E-state index is -1.23. The van der Waals surface area contributed by atoms with Gasteiger partial charge in [-0.15, -0.1) is 0 Å². The highest BCUT2D eigenvalue weighted by Crippen LogP contribution is 2.44. The van der Waals surface area contributed by atoms with E-state index in [9.17, 15) is 19.5 Å². The lowest BCUT2D eigenvalue weighted by Gasteiger charge is -2.16. The summed E-state index contributed by atoms with van der Waals surface area (Å²) in [4.78, 5) is 39.6. The SMILES string of the molecule is COc1ccc2c(c1OC)C(=O)OC2c1c(O)n(-c2ccccc2)c(=O)[nH]c1=O. The van der Waals surface area contributed by atoms with Gasteiger partial charge in [-0.25, -0.2) is 14.2 Å². The molecule has 0 saturated carbocycles. The number of aromatic amines is 1. The van der Waals surface area contributed by atoms with Crippen LogP contribution in [0.3, 0.4) is 0 Å². The Hall–Kier alpha value is -4.01. The van der Waals surface area contributed by atoms with Crippen molar-refractivity contribution in [3.05, 3.63) is 80.0 Å². The van der Waals surface area contributed by atoms with Crippen LogP contribution in [0, 0.1) is 0 Å². The second-order valence-corrected chi connectivity index (χ2v) is 6.22. The Morgan fingerprint density at radius 1 is 1.03 bits per heavy atom. The number of aromatic hydroxyl groups is 1. The summed E-state index contributed by atoms with van der Waals surface area (Å²) in [5.41, 5.74) is -1.21. The first kappa shape index (κ1) is 18.4. The Bertz CT molecular complexity index is 1230. The molecule has 9 nitrogen and oxygen atoms in total. The minimum Gasteiger partial charge on any atom is -0.494 e. The average Bonchev–Trinajstić information content (AvgIpc) is 3.04. The highest BCUT2D eigenvalue weighted by molar-refractivity contribution is 5.98. The molecule has 148 valence electrons. The minimum absolute atomic E-state index is 0.0908. The van der Waals surface area contributed by atoms with Gasteiger partial charge < -0.3 is 19.3 Å².